The van der Waals surface area contributed by atoms with Crippen LogP contribution >= 0.6 is 0 Å². The molecule has 1 saturated heterocycles. The number of hydrogen-bond acceptors (Lipinski definition) is 9. The second-order valence-corrected chi connectivity index (χ2v) is 10.5. The number of amides is 3. The number of aromatic nitrogens is 4. The normalized spacial score (nSPS) is 17.7. The predicted molar refractivity (Wildman–Crippen MR) is 136 cm³/mol. The van der Waals surface area contributed by atoms with E-state index in [4.69, 9.17) is 10.5 Å². The summed E-state index contributed by atoms with van der Waals surface area (Å²) in [6, 6.07) is -0.740. The van der Waals surface area contributed by atoms with E-state index < -0.39 is 101 Å². The summed E-state index contributed by atoms with van der Waals surface area (Å²) < 4.78 is 103. The van der Waals surface area contributed by atoms with Crippen molar-refractivity contribution >= 4 is 29.1 Å². The molecule has 0 aliphatic carbocycles. The minimum absolute atomic E-state index is 0.303. The van der Waals surface area contributed by atoms with E-state index in [1.54, 1.807) is 0 Å². The SMILES string of the molecule is COc1ncc(-c2cc(C(F)(F)F)c3c(N)ncnn23)cc1C(=O)N(C(=O)C(F)(F)F)[C@@H]1CN(C(=O)CC(C)(C)O)C[C@@H]1F. The molecule has 0 spiro atoms. The molecule has 1 aliphatic rings. The van der Waals surface area contributed by atoms with E-state index in [9.17, 15) is 45.8 Å². The first-order valence-electron chi connectivity index (χ1n) is 12.6. The zero-order valence-electron chi connectivity index (χ0n) is 23.1. The average Bonchev–Trinajstić information content (AvgIpc) is 3.49. The molecule has 3 amide bonds. The van der Waals surface area contributed by atoms with Gasteiger partial charge in [-0.1, -0.05) is 0 Å². The van der Waals surface area contributed by atoms with Gasteiger partial charge in [0.2, 0.25) is 11.8 Å². The van der Waals surface area contributed by atoms with Crippen LogP contribution in [-0.2, 0) is 15.8 Å². The number of carbonyl (C=O) groups excluding carboxylic acids is 3. The maximum Gasteiger partial charge on any atom is 0.471 e. The number of anilines is 1. The molecule has 238 valence electrons. The summed E-state index contributed by atoms with van der Waals surface area (Å²) in [6.45, 7) is 0.912. The lowest BCUT2D eigenvalue weighted by Gasteiger charge is -2.29. The summed E-state index contributed by atoms with van der Waals surface area (Å²) in [5.74, 6) is -6.58. The first kappa shape index (κ1) is 32.4. The molecule has 0 radical (unpaired) electrons. The Kier molecular flexibility index (Phi) is 8.22. The van der Waals surface area contributed by atoms with Crippen molar-refractivity contribution in [1.29, 1.82) is 0 Å². The molecule has 0 saturated carbocycles. The topological polar surface area (TPSA) is 156 Å². The molecule has 19 heteroatoms. The van der Waals surface area contributed by atoms with Crippen LogP contribution in [0.5, 0.6) is 5.88 Å². The molecule has 1 fully saturated rings. The maximum atomic E-state index is 15.2. The number of likely N-dealkylation sites (tertiary alicyclic amines) is 1. The van der Waals surface area contributed by atoms with Gasteiger partial charge in [-0.2, -0.15) is 31.4 Å². The van der Waals surface area contributed by atoms with Crippen LogP contribution in [0.25, 0.3) is 16.8 Å². The molecule has 0 bridgehead atoms. The fourth-order valence-electron chi connectivity index (χ4n) is 4.73. The van der Waals surface area contributed by atoms with Gasteiger partial charge >= 0.3 is 18.3 Å². The number of hydrogen-bond donors (Lipinski definition) is 2. The number of nitrogens with two attached hydrogens (primary N) is 1. The van der Waals surface area contributed by atoms with Crippen molar-refractivity contribution in [3.63, 3.8) is 0 Å². The predicted octanol–water partition coefficient (Wildman–Crippen LogP) is 2.64. The third-order valence-electron chi connectivity index (χ3n) is 6.63. The van der Waals surface area contributed by atoms with E-state index in [2.05, 4.69) is 15.1 Å². The number of carbonyl (C=O) groups is 3. The number of methoxy groups -OCH3 is 1. The standard InChI is InChI=1S/C25H24F7N7O5/c1-23(2,43)6-17(40)37-8-14(26)16(9-37)38(22(42)25(30,31)32)21(41)12-4-11(7-34-20(12)44-3)15-5-13(24(27,28)29)18-19(33)35-10-36-39(15)18/h4-5,7,10,14,16,43H,6,8-9H2,1-3H3,(H2,33,35,36)/t14-,16+/m0/s1. The molecule has 4 heterocycles. The fourth-order valence-corrected chi connectivity index (χ4v) is 4.73. The van der Waals surface area contributed by atoms with Gasteiger partial charge in [0.05, 0.1) is 43.0 Å². The second kappa shape index (κ2) is 11.2. The van der Waals surface area contributed by atoms with Crippen molar-refractivity contribution in [1.82, 2.24) is 29.4 Å². The average molecular weight is 635 g/mol. The van der Waals surface area contributed by atoms with Gasteiger partial charge in [0.25, 0.3) is 5.91 Å². The van der Waals surface area contributed by atoms with Gasteiger partial charge in [-0.15, -0.1) is 0 Å². The zero-order valence-corrected chi connectivity index (χ0v) is 23.1. The summed E-state index contributed by atoms with van der Waals surface area (Å²) in [5, 5.41) is 13.7. The van der Waals surface area contributed by atoms with E-state index in [0.29, 0.717) is 6.07 Å². The molecule has 44 heavy (non-hydrogen) atoms. The van der Waals surface area contributed by atoms with Crippen molar-refractivity contribution in [2.45, 2.75) is 50.4 Å². The quantitative estimate of drug-likeness (QED) is 0.389. The Morgan fingerprint density at radius 1 is 1.11 bits per heavy atom. The van der Waals surface area contributed by atoms with Gasteiger partial charge in [0, 0.05) is 18.3 Å². The molecule has 4 rings (SSSR count). The third-order valence-corrected chi connectivity index (χ3v) is 6.63. The number of ether oxygens (including phenoxy) is 1. The van der Waals surface area contributed by atoms with Crippen LogP contribution in [0.15, 0.2) is 24.7 Å². The van der Waals surface area contributed by atoms with Crippen LogP contribution < -0.4 is 10.5 Å². The summed E-state index contributed by atoms with van der Waals surface area (Å²) in [7, 11) is 0.974. The molecule has 1 aliphatic heterocycles. The Hall–Kier alpha value is -4.55. The number of pyridine rings is 1. The lowest BCUT2D eigenvalue weighted by Crippen LogP contribution is -2.54. The summed E-state index contributed by atoms with van der Waals surface area (Å²) in [6.07, 6.45) is -11.7. The van der Waals surface area contributed by atoms with Crippen LogP contribution in [-0.4, -0.2) is 96.4 Å². The van der Waals surface area contributed by atoms with Crippen LogP contribution in [0.1, 0.15) is 36.2 Å². The Balaban J connectivity index is 1.83. The Morgan fingerprint density at radius 2 is 1.77 bits per heavy atom. The maximum absolute atomic E-state index is 15.2. The van der Waals surface area contributed by atoms with Crippen molar-refractivity contribution in [3.05, 3.63) is 35.8 Å². The Labute approximate surface area is 243 Å². The smallest absolute Gasteiger partial charge is 0.471 e. The van der Waals surface area contributed by atoms with E-state index in [0.717, 1.165) is 35.1 Å². The summed E-state index contributed by atoms with van der Waals surface area (Å²) in [4.78, 5) is 46.5. The first-order valence-corrected chi connectivity index (χ1v) is 12.6. The molecular formula is C25H24F7N7O5. The largest absolute Gasteiger partial charge is 0.480 e. The molecule has 0 aromatic carbocycles. The minimum Gasteiger partial charge on any atom is -0.480 e. The monoisotopic (exact) mass is 635 g/mol. The Morgan fingerprint density at radius 3 is 2.34 bits per heavy atom. The van der Waals surface area contributed by atoms with Crippen LogP contribution in [0, 0.1) is 0 Å². The lowest BCUT2D eigenvalue weighted by atomic mass is 10.1. The number of rotatable bonds is 6. The molecular weight excluding hydrogens is 611 g/mol. The highest BCUT2D eigenvalue weighted by atomic mass is 19.4. The van der Waals surface area contributed by atoms with Crippen LogP contribution in [0.2, 0.25) is 0 Å². The van der Waals surface area contributed by atoms with E-state index in [1.165, 1.54) is 13.8 Å². The first-order chi connectivity index (χ1) is 20.2. The lowest BCUT2D eigenvalue weighted by molar-refractivity contribution is -0.184. The van der Waals surface area contributed by atoms with Crippen molar-refractivity contribution in [3.8, 4) is 17.1 Å². The third kappa shape index (κ3) is 6.22. The number of aliphatic hydroxyl groups is 1. The molecule has 3 aromatic heterocycles. The van der Waals surface area contributed by atoms with Gasteiger partial charge < -0.3 is 20.5 Å². The number of fused-ring (bicyclic) bond motifs is 1. The second-order valence-electron chi connectivity index (χ2n) is 10.5. The molecule has 2 atom stereocenters. The molecule has 0 unspecified atom stereocenters. The van der Waals surface area contributed by atoms with Gasteiger partial charge in [0.1, 0.15) is 23.6 Å². The minimum atomic E-state index is -5.69. The highest BCUT2D eigenvalue weighted by Crippen LogP contribution is 2.39. The zero-order chi connectivity index (χ0) is 32.9. The van der Waals surface area contributed by atoms with E-state index in [1.807, 2.05) is 0 Å². The van der Waals surface area contributed by atoms with Crippen LogP contribution in [0.3, 0.4) is 0 Å². The number of alkyl halides is 7. The highest BCUT2D eigenvalue weighted by Gasteiger charge is 2.52. The molecule has 12 nitrogen and oxygen atoms in total. The number of halogens is 7. The fraction of sp³-hybridized carbons (Fsp3) is 0.440. The van der Waals surface area contributed by atoms with Gasteiger partial charge in [-0.25, -0.2) is 18.9 Å². The van der Waals surface area contributed by atoms with Crippen molar-refractivity contribution in [2.75, 3.05) is 25.9 Å². The summed E-state index contributed by atoms with van der Waals surface area (Å²) >= 11 is 0. The summed E-state index contributed by atoms with van der Waals surface area (Å²) in [5.41, 5.74) is 0.640. The van der Waals surface area contributed by atoms with Gasteiger partial charge in [-0.05, 0) is 26.0 Å². The van der Waals surface area contributed by atoms with Gasteiger partial charge in [-0.3, -0.25) is 19.3 Å². The molecule has 3 N–H and O–H groups in total. The Bertz CT molecular complexity index is 1620. The number of nitrogen functional groups attached to an aromatic ring is 1. The van der Waals surface area contributed by atoms with Crippen molar-refractivity contribution < 1.29 is 55.0 Å². The van der Waals surface area contributed by atoms with Gasteiger partial charge in [0.15, 0.2) is 5.82 Å². The van der Waals surface area contributed by atoms with E-state index >= 15 is 4.39 Å². The van der Waals surface area contributed by atoms with Crippen LogP contribution in [0.4, 0.5) is 36.6 Å². The van der Waals surface area contributed by atoms with E-state index in [-0.39, 0.29) is 11.3 Å². The van der Waals surface area contributed by atoms with Crippen molar-refractivity contribution in [2.24, 2.45) is 0 Å². The number of nitrogens with zero attached hydrogens (tertiary/aromatic N) is 6. The molecule has 3 aromatic rings. The highest BCUT2D eigenvalue weighted by molar-refractivity contribution is 6.08. The number of imide groups is 1.